The highest BCUT2D eigenvalue weighted by Crippen LogP contribution is 2.28. The van der Waals surface area contributed by atoms with E-state index in [1.165, 1.54) is 29.0 Å². The Bertz CT molecular complexity index is 1280. The van der Waals surface area contributed by atoms with Crippen molar-refractivity contribution in [3.05, 3.63) is 65.3 Å². The van der Waals surface area contributed by atoms with E-state index in [4.69, 9.17) is 9.26 Å². The molecule has 4 heterocycles. The molecule has 1 aliphatic rings. The van der Waals surface area contributed by atoms with Gasteiger partial charge in [0.2, 0.25) is 11.7 Å². The monoisotopic (exact) mass is 425 g/mol. The number of halogens is 2. The first kappa shape index (κ1) is 19.3. The number of ether oxygens (including phenoxy) is 1. The summed E-state index contributed by atoms with van der Waals surface area (Å²) >= 11 is 0. The van der Waals surface area contributed by atoms with E-state index in [0.29, 0.717) is 41.7 Å². The predicted octanol–water partition coefficient (Wildman–Crippen LogP) is 4.00. The van der Waals surface area contributed by atoms with E-state index in [1.807, 2.05) is 19.1 Å². The fourth-order valence-electron chi connectivity index (χ4n) is 3.29. The molecule has 0 saturated carbocycles. The molecule has 0 radical (unpaired) electrons. The zero-order valence-electron chi connectivity index (χ0n) is 16.4. The number of alkyl halides is 2. The van der Waals surface area contributed by atoms with Crippen LogP contribution in [0.2, 0.25) is 0 Å². The number of nitrogens with zero attached hydrogens (tertiary/aromatic N) is 4. The van der Waals surface area contributed by atoms with Gasteiger partial charge >= 0.3 is 0 Å². The van der Waals surface area contributed by atoms with E-state index in [9.17, 15) is 13.6 Å². The third kappa shape index (κ3) is 3.55. The van der Waals surface area contributed by atoms with E-state index in [-0.39, 0.29) is 17.0 Å². The number of benzene rings is 1. The molecule has 4 aromatic rings. The Hall–Kier alpha value is -3.66. The molecule has 31 heavy (non-hydrogen) atoms. The Morgan fingerprint density at radius 2 is 2.10 bits per heavy atom. The fourth-order valence-corrected chi connectivity index (χ4v) is 3.29. The van der Waals surface area contributed by atoms with Gasteiger partial charge in [0.25, 0.3) is 12.3 Å². The summed E-state index contributed by atoms with van der Waals surface area (Å²) in [7, 11) is 0. The van der Waals surface area contributed by atoms with Gasteiger partial charge in [0.05, 0.1) is 36.4 Å². The lowest BCUT2D eigenvalue weighted by Gasteiger charge is -2.21. The highest BCUT2D eigenvalue weighted by atomic mass is 19.3. The number of hydrogen-bond acceptors (Lipinski definition) is 6. The maximum atomic E-state index is 12.9. The van der Waals surface area contributed by atoms with Crippen molar-refractivity contribution in [3.8, 4) is 11.4 Å². The molecule has 0 aliphatic carbocycles. The average Bonchev–Trinajstić information content (AvgIpc) is 3.35. The number of aryl methyl sites for hydroxylation is 1. The van der Waals surface area contributed by atoms with Gasteiger partial charge in [0.15, 0.2) is 0 Å². The first-order valence-corrected chi connectivity index (χ1v) is 9.59. The molecule has 0 spiro atoms. The number of carbonyl (C=O) groups is 1. The molecule has 0 bridgehead atoms. The molecule has 5 rings (SSSR count). The van der Waals surface area contributed by atoms with Crippen molar-refractivity contribution in [2.45, 2.75) is 19.3 Å². The first-order valence-electron chi connectivity index (χ1n) is 9.59. The van der Waals surface area contributed by atoms with Crippen LogP contribution >= 0.6 is 0 Å². The number of amides is 1. The number of rotatable bonds is 5. The molecular formula is C21H17F2N5O3. The van der Waals surface area contributed by atoms with Gasteiger partial charge < -0.3 is 14.6 Å². The Morgan fingerprint density at radius 1 is 1.26 bits per heavy atom. The van der Waals surface area contributed by atoms with Crippen molar-refractivity contribution >= 4 is 17.1 Å². The fraction of sp³-hybridized carbons (Fsp3) is 0.238. The lowest BCUT2D eigenvalue weighted by atomic mass is 10.1. The summed E-state index contributed by atoms with van der Waals surface area (Å²) in [6.07, 6.45) is -0.0479. The lowest BCUT2D eigenvalue weighted by molar-refractivity contribution is -0.00445. The van der Waals surface area contributed by atoms with Crippen LogP contribution in [0.4, 0.5) is 14.5 Å². The summed E-state index contributed by atoms with van der Waals surface area (Å²) in [5, 5.41) is 10.9. The van der Waals surface area contributed by atoms with E-state index in [2.05, 4.69) is 20.6 Å². The van der Waals surface area contributed by atoms with Crippen LogP contribution in [0.25, 0.3) is 16.9 Å². The Kier molecular flexibility index (Phi) is 4.70. The second-order valence-corrected chi connectivity index (χ2v) is 7.33. The zero-order chi connectivity index (χ0) is 21.5. The molecule has 10 heteroatoms. The molecule has 1 N–H and O–H groups in total. The highest BCUT2D eigenvalue weighted by molar-refractivity contribution is 6.09. The molecule has 3 aromatic heterocycles. The Morgan fingerprint density at radius 3 is 2.84 bits per heavy atom. The van der Waals surface area contributed by atoms with E-state index < -0.39 is 12.3 Å². The number of nitrogens with one attached hydrogen (secondary N) is 1. The quantitative estimate of drug-likeness (QED) is 0.520. The summed E-state index contributed by atoms with van der Waals surface area (Å²) in [6.45, 7) is 2.99. The second kappa shape index (κ2) is 7.55. The standard InChI is InChI=1S/C21H17F2N5O3/c1-11-2-3-12(19-26-21(31-27-19)14-9-30-10-14)6-16(11)25-20(29)15-7-24-28-8-13(18(22)23)4-5-17(15)28/h2-8,14,18H,9-10H2,1H3,(H,25,29). The number of pyridine rings is 1. The second-order valence-electron chi connectivity index (χ2n) is 7.33. The molecule has 1 aliphatic heterocycles. The third-order valence-electron chi connectivity index (χ3n) is 5.21. The molecule has 1 fully saturated rings. The minimum absolute atomic E-state index is 0.118. The van der Waals surface area contributed by atoms with Crippen LogP contribution < -0.4 is 5.32 Å². The minimum atomic E-state index is -2.61. The van der Waals surface area contributed by atoms with Crippen LogP contribution in [0.3, 0.4) is 0 Å². The molecule has 0 atom stereocenters. The van der Waals surface area contributed by atoms with Gasteiger partial charge in [-0.3, -0.25) is 4.79 Å². The number of carbonyl (C=O) groups excluding carboxylic acids is 1. The number of hydrogen-bond donors (Lipinski definition) is 1. The van der Waals surface area contributed by atoms with Gasteiger partial charge in [-0.05, 0) is 30.7 Å². The van der Waals surface area contributed by atoms with Crippen LogP contribution in [-0.4, -0.2) is 38.9 Å². The van der Waals surface area contributed by atoms with Gasteiger partial charge in [-0.25, -0.2) is 13.3 Å². The maximum absolute atomic E-state index is 12.9. The average molecular weight is 425 g/mol. The van der Waals surface area contributed by atoms with Crippen LogP contribution in [0, 0.1) is 6.92 Å². The number of fused-ring (bicyclic) bond motifs is 1. The van der Waals surface area contributed by atoms with Crippen molar-refractivity contribution in [2.24, 2.45) is 0 Å². The molecular weight excluding hydrogens is 408 g/mol. The van der Waals surface area contributed by atoms with Gasteiger partial charge in [-0.15, -0.1) is 0 Å². The van der Waals surface area contributed by atoms with Gasteiger partial charge in [-0.1, -0.05) is 17.3 Å². The first-order chi connectivity index (χ1) is 15.0. The van der Waals surface area contributed by atoms with E-state index >= 15 is 0 Å². The largest absolute Gasteiger partial charge is 0.380 e. The van der Waals surface area contributed by atoms with Crippen molar-refractivity contribution in [3.63, 3.8) is 0 Å². The van der Waals surface area contributed by atoms with Gasteiger partial charge in [0, 0.05) is 23.0 Å². The summed E-state index contributed by atoms with van der Waals surface area (Å²) in [5.74, 6) is 0.669. The molecule has 158 valence electrons. The lowest BCUT2D eigenvalue weighted by Crippen LogP contribution is -2.25. The Labute approximate surface area is 174 Å². The highest BCUT2D eigenvalue weighted by Gasteiger charge is 2.27. The van der Waals surface area contributed by atoms with Crippen molar-refractivity contribution in [2.75, 3.05) is 18.5 Å². The van der Waals surface area contributed by atoms with Crippen LogP contribution in [0.5, 0.6) is 0 Å². The van der Waals surface area contributed by atoms with Crippen LogP contribution in [0.15, 0.2) is 47.2 Å². The summed E-state index contributed by atoms with van der Waals surface area (Å²) in [4.78, 5) is 17.3. The summed E-state index contributed by atoms with van der Waals surface area (Å²) in [6, 6.07) is 8.19. The van der Waals surface area contributed by atoms with Gasteiger partial charge in [0.1, 0.15) is 0 Å². The summed E-state index contributed by atoms with van der Waals surface area (Å²) < 4.78 is 37.5. The number of aromatic nitrogens is 4. The number of anilines is 1. The third-order valence-corrected chi connectivity index (χ3v) is 5.21. The van der Waals surface area contributed by atoms with Gasteiger partial charge in [-0.2, -0.15) is 10.1 Å². The normalized spacial score (nSPS) is 14.2. The molecule has 1 amide bonds. The van der Waals surface area contributed by atoms with Crippen LogP contribution in [-0.2, 0) is 4.74 Å². The van der Waals surface area contributed by atoms with Crippen molar-refractivity contribution in [1.82, 2.24) is 19.8 Å². The summed E-state index contributed by atoms with van der Waals surface area (Å²) in [5.41, 5.74) is 2.64. The Balaban J connectivity index is 1.40. The van der Waals surface area contributed by atoms with Crippen LogP contribution in [0.1, 0.15) is 39.7 Å². The molecule has 8 nitrogen and oxygen atoms in total. The zero-order valence-corrected chi connectivity index (χ0v) is 16.4. The smallest absolute Gasteiger partial charge is 0.265 e. The minimum Gasteiger partial charge on any atom is -0.380 e. The molecule has 0 unspecified atom stereocenters. The van der Waals surface area contributed by atoms with Crippen molar-refractivity contribution < 1.29 is 22.8 Å². The van der Waals surface area contributed by atoms with Crippen molar-refractivity contribution in [1.29, 1.82) is 0 Å². The predicted molar refractivity (Wildman–Crippen MR) is 106 cm³/mol. The molecule has 1 aromatic carbocycles. The van der Waals surface area contributed by atoms with E-state index in [1.54, 1.807) is 6.07 Å². The molecule has 1 saturated heterocycles. The SMILES string of the molecule is Cc1ccc(-c2noc(C3COC3)n2)cc1NC(=O)c1cnn2cc(C(F)F)ccc12. The van der Waals surface area contributed by atoms with E-state index in [0.717, 1.165) is 5.56 Å². The maximum Gasteiger partial charge on any atom is 0.265 e. The topological polar surface area (TPSA) is 94.5 Å².